The molecule has 0 fully saturated rings. The van der Waals surface area contributed by atoms with E-state index in [0.29, 0.717) is 5.69 Å². The van der Waals surface area contributed by atoms with Gasteiger partial charge in [-0.1, -0.05) is 24.3 Å². The smallest absolute Gasteiger partial charge is 0.247 e. The minimum Gasteiger partial charge on any atom is -0.368 e. The van der Waals surface area contributed by atoms with Gasteiger partial charge in [-0.3, -0.25) is 19.3 Å². The molecule has 0 radical (unpaired) electrons. The van der Waals surface area contributed by atoms with Crippen LogP contribution in [-0.2, 0) is 14.4 Å². The van der Waals surface area contributed by atoms with Gasteiger partial charge in [0.1, 0.15) is 17.7 Å². The maximum atomic E-state index is 14.2. The molecule has 3 amide bonds. The number of halogens is 2. The minimum absolute atomic E-state index is 0.0603. The van der Waals surface area contributed by atoms with Crippen LogP contribution in [0.1, 0.15) is 24.2 Å². The summed E-state index contributed by atoms with van der Waals surface area (Å²) in [4.78, 5) is 43.2. The minimum atomic E-state index is -1.17. The van der Waals surface area contributed by atoms with Crippen molar-refractivity contribution in [1.29, 1.82) is 0 Å². The first-order valence-corrected chi connectivity index (χ1v) is 10.6. The largest absolute Gasteiger partial charge is 0.368 e. The van der Waals surface area contributed by atoms with Gasteiger partial charge in [0.25, 0.3) is 0 Å². The van der Waals surface area contributed by atoms with Gasteiger partial charge in [-0.15, -0.1) is 11.3 Å². The SMILES string of the molecule is CC(=O)N(c1nc(/C=C/C(=O)N(C)C(C(N)=O)c2cccc(F)c2)cs1)c1ccccc1F. The first-order valence-electron chi connectivity index (χ1n) is 9.69. The van der Waals surface area contributed by atoms with Crippen molar-refractivity contribution < 1.29 is 23.2 Å². The number of hydrogen-bond acceptors (Lipinski definition) is 5. The number of amides is 3. The van der Waals surface area contributed by atoms with Crippen LogP contribution < -0.4 is 10.6 Å². The van der Waals surface area contributed by atoms with Gasteiger partial charge in [-0.2, -0.15) is 0 Å². The van der Waals surface area contributed by atoms with E-state index in [4.69, 9.17) is 5.73 Å². The van der Waals surface area contributed by atoms with Crippen molar-refractivity contribution in [2.24, 2.45) is 5.73 Å². The number of rotatable bonds is 7. The molecule has 1 atom stereocenters. The van der Waals surface area contributed by atoms with Crippen molar-refractivity contribution >= 4 is 46.0 Å². The molecule has 1 aromatic heterocycles. The molecule has 33 heavy (non-hydrogen) atoms. The number of carbonyl (C=O) groups excluding carboxylic acids is 3. The Morgan fingerprint density at radius 2 is 1.85 bits per heavy atom. The van der Waals surface area contributed by atoms with Gasteiger partial charge in [0, 0.05) is 25.4 Å². The molecule has 170 valence electrons. The van der Waals surface area contributed by atoms with Crippen LogP contribution in [0, 0.1) is 11.6 Å². The maximum absolute atomic E-state index is 14.2. The van der Waals surface area contributed by atoms with E-state index in [1.165, 1.54) is 62.5 Å². The van der Waals surface area contributed by atoms with Gasteiger partial charge in [0.05, 0.1) is 11.4 Å². The van der Waals surface area contributed by atoms with E-state index in [1.54, 1.807) is 11.4 Å². The highest BCUT2D eigenvalue weighted by Crippen LogP contribution is 2.31. The van der Waals surface area contributed by atoms with Crippen molar-refractivity contribution in [2.45, 2.75) is 13.0 Å². The van der Waals surface area contributed by atoms with Crippen LogP contribution >= 0.6 is 11.3 Å². The number of primary amides is 1. The van der Waals surface area contributed by atoms with Gasteiger partial charge in [-0.05, 0) is 35.9 Å². The average molecular weight is 471 g/mol. The molecule has 0 saturated carbocycles. The Labute approximate surface area is 192 Å². The third-order valence-electron chi connectivity index (χ3n) is 4.67. The average Bonchev–Trinajstić information content (AvgIpc) is 3.21. The number of thiazole rings is 1. The number of likely N-dealkylation sites (N-methyl/N-ethyl adjacent to an activating group) is 1. The highest BCUT2D eigenvalue weighted by Gasteiger charge is 2.26. The number of benzene rings is 2. The second-order valence-corrected chi connectivity index (χ2v) is 7.84. The first-order chi connectivity index (χ1) is 15.7. The van der Waals surface area contributed by atoms with Crippen LogP contribution in [-0.4, -0.2) is 34.7 Å². The molecule has 0 aliphatic rings. The molecule has 0 saturated heterocycles. The topological polar surface area (TPSA) is 96.6 Å². The standard InChI is InChI=1S/C23H20F2N4O3S/c1-14(30)29(19-9-4-3-8-18(19)25)23-27-17(13-33-23)10-11-20(31)28(2)21(22(26)32)15-6-5-7-16(24)12-15/h3-13,21H,1-2H3,(H2,26,32)/b11-10+. The van der Waals surface area contributed by atoms with E-state index in [-0.39, 0.29) is 16.4 Å². The summed E-state index contributed by atoms with van der Waals surface area (Å²) in [6, 6.07) is 9.91. The van der Waals surface area contributed by atoms with Crippen LogP contribution in [0.5, 0.6) is 0 Å². The number of nitrogens with zero attached hydrogens (tertiary/aromatic N) is 3. The lowest BCUT2D eigenvalue weighted by molar-refractivity contribution is -0.134. The predicted molar refractivity (Wildman–Crippen MR) is 121 cm³/mol. The summed E-state index contributed by atoms with van der Waals surface area (Å²) >= 11 is 1.09. The fourth-order valence-electron chi connectivity index (χ4n) is 3.15. The van der Waals surface area contributed by atoms with E-state index in [0.717, 1.165) is 27.2 Å². The maximum Gasteiger partial charge on any atom is 0.247 e. The highest BCUT2D eigenvalue weighted by atomic mass is 32.1. The fourth-order valence-corrected chi connectivity index (χ4v) is 4.00. The molecular formula is C23H20F2N4O3S. The lowest BCUT2D eigenvalue weighted by Gasteiger charge is -2.25. The lowest BCUT2D eigenvalue weighted by Crippen LogP contribution is -2.38. The Hall–Kier alpha value is -3.92. The Morgan fingerprint density at radius 1 is 1.12 bits per heavy atom. The quantitative estimate of drug-likeness (QED) is 0.531. The van der Waals surface area contributed by atoms with Crippen LogP contribution in [0.15, 0.2) is 60.0 Å². The van der Waals surface area contributed by atoms with Gasteiger partial charge in [0.2, 0.25) is 17.7 Å². The zero-order valence-corrected chi connectivity index (χ0v) is 18.6. The van der Waals surface area contributed by atoms with Gasteiger partial charge in [-0.25, -0.2) is 13.8 Å². The van der Waals surface area contributed by atoms with Gasteiger partial charge >= 0.3 is 0 Å². The molecule has 1 heterocycles. The van der Waals surface area contributed by atoms with E-state index in [1.807, 2.05) is 0 Å². The fraction of sp³-hybridized carbons (Fsp3) is 0.130. The molecule has 3 aromatic rings. The van der Waals surface area contributed by atoms with Crippen molar-refractivity contribution in [3.8, 4) is 0 Å². The molecule has 2 N–H and O–H groups in total. The second kappa shape index (κ2) is 10.1. The highest BCUT2D eigenvalue weighted by molar-refractivity contribution is 7.14. The normalized spacial score (nSPS) is 11.9. The van der Waals surface area contributed by atoms with E-state index in [9.17, 15) is 23.2 Å². The number of carbonyl (C=O) groups is 3. The zero-order valence-electron chi connectivity index (χ0n) is 17.7. The molecule has 2 aromatic carbocycles. The van der Waals surface area contributed by atoms with Crippen LogP contribution in [0.25, 0.3) is 6.08 Å². The van der Waals surface area contributed by atoms with Crippen LogP contribution in [0.2, 0.25) is 0 Å². The van der Waals surface area contributed by atoms with Crippen LogP contribution in [0.3, 0.4) is 0 Å². The van der Waals surface area contributed by atoms with Gasteiger partial charge in [0.15, 0.2) is 5.13 Å². The Kier molecular flexibility index (Phi) is 7.29. The molecule has 0 aliphatic carbocycles. The number of hydrogen-bond donors (Lipinski definition) is 1. The predicted octanol–water partition coefficient (Wildman–Crippen LogP) is 3.80. The van der Waals surface area contributed by atoms with E-state index < -0.39 is 35.4 Å². The molecule has 0 bridgehead atoms. The Morgan fingerprint density at radius 3 is 2.48 bits per heavy atom. The summed E-state index contributed by atoms with van der Waals surface area (Å²) in [5.41, 5.74) is 6.09. The van der Waals surface area contributed by atoms with Crippen molar-refractivity contribution in [3.63, 3.8) is 0 Å². The summed E-state index contributed by atoms with van der Waals surface area (Å²) in [5, 5.41) is 1.82. The van der Waals surface area contributed by atoms with E-state index >= 15 is 0 Å². The third-order valence-corrected chi connectivity index (χ3v) is 5.52. The molecule has 0 spiro atoms. The monoisotopic (exact) mass is 470 g/mol. The summed E-state index contributed by atoms with van der Waals surface area (Å²) < 4.78 is 27.8. The van der Waals surface area contributed by atoms with Crippen molar-refractivity contribution in [3.05, 3.63) is 82.9 Å². The molecule has 3 rings (SSSR count). The molecular weight excluding hydrogens is 450 g/mol. The molecule has 7 nitrogen and oxygen atoms in total. The summed E-state index contributed by atoms with van der Waals surface area (Å²) in [6.45, 7) is 1.29. The molecule has 10 heteroatoms. The Bertz CT molecular complexity index is 1230. The number of para-hydroxylation sites is 1. The third kappa shape index (κ3) is 5.47. The van der Waals surface area contributed by atoms with Crippen LogP contribution in [0.4, 0.5) is 19.6 Å². The van der Waals surface area contributed by atoms with Gasteiger partial charge < -0.3 is 10.6 Å². The number of nitrogens with two attached hydrogens (primary N) is 1. The first kappa shape index (κ1) is 23.7. The zero-order chi connectivity index (χ0) is 24.1. The second-order valence-electron chi connectivity index (χ2n) is 7.00. The summed E-state index contributed by atoms with van der Waals surface area (Å²) in [5.74, 6) is -2.96. The molecule has 1 unspecified atom stereocenters. The summed E-state index contributed by atoms with van der Waals surface area (Å²) in [7, 11) is 1.37. The number of anilines is 2. The van der Waals surface area contributed by atoms with Crippen molar-refractivity contribution in [2.75, 3.05) is 11.9 Å². The summed E-state index contributed by atoms with van der Waals surface area (Å²) in [6.07, 6.45) is 2.57. The lowest BCUT2D eigenvalue weighted by atomic mass is 10.0. The van der Waals surface area contributed by atoms with Crippen molar-refractivity contribution in [1.82, 2.24) is 9.88 Å². The number of aromatic nitrogens is 1. The van der Waals surface area contributed by atoms with E-state index in [2.05, 4.69) is 4.98 Å². The molecule has 0 aliphatic heterocycles. The Balaban J connectivity index is 1.81.